The monoisotopic (exact) mass is 336 g/mol. The Hall–Kier alpha value is -1.52. The van der Waals surface area contributed by atoms with Gasteiger partial charge in [0.25, 0.3) is 0 Å². The SMILES string of the molecule is CCCCC#CC(c1ccc2ccccc2c1)[Si](CC)(CC)CC. The van der Waals surface area contributed by atoms with Crippen LogP contribution in [0.1, 0.15) is 58.1 Å². The lowest BCUT2D eigenvalue weighted by Crippen LogP contribution is -2.39. The lowest BCUT2D eigenvalue weighted by molar-refractivity contribution is 0.827. The lowest BCUT2D eigenvalue weighted by atomic mass is 10.0. The second kappa shape index (κ2) is 9.09. The summed E-state index contributed by atoms with van der Waals surface area (Å²) in [6.45, 7) is 9.41. The van der Waals surface area contributed by atoms with Crippen LogP contribution in [0.15, 0.2) is 42.5 Å². The number of rotatable bonds is 7. The van der Waals surface area contributed by atoms with Gasteiger partial charge in [0.1, 0.15) is 0 Å². The molecule has 0 aliphatic rings. The van der Waals surface area contributed by atoms with Crippen LogP contribution in [0.3, 0.4) is 0 Å². The molecule has 2 aromatic carbocycles. The number of benzene rings is 2. The molecule has 0 N–H and O–H groups in total. The predicted molar refractivity (Wildman–Crippen MR) is 111 cm³/mol. The van der Waals surface area contributed by atoms with E-state index in [1.165, 1.54) is 47.3 Å². The molecule has 0 heterocycles. The van der Waals surface area contributed by atoms with Gasteiger partial charge in [0.05, 0.1) is 8.07 Å². The first kappa shape index (κ1) is 18.8. The van der Waals surface area contributed by atoms with Crippen molar-refractivity contribution < 1.29 is 0 Å². The highest BCUT2D eigenvalue weighted by molar-refractivity contribution is 6.81. The summed E-state index contributed by atoms with van der Waals surface area (Å²) < 4.78 is 0. The van der Waals surface area contributed by atoms with Gasteiger partial charge in [-0.05, 0) is 22.8 Å². The van der Waals surface area contributed by atoms with Crippen molar-refractivity contribution in [3.05, 3.63) is 48.0 Å². The van der Waals surface area contributed by atoms with Gasteiger partial charge in [0.2, 0.25) is 0 Å². The smallest absolute Gasteiger partial charge is 0.0751 e. The molecular formula is C23H32Si. The zero-order valence-electron chi connectivity index (χ0n) is 15.9. The van der Waals surface area contributed by atoms with Crippen molar-refractivity contribution in [2.24, 2.45) is 0 Å². The maximum absolute atomic E-state index is 3.74. The summed E-state index contributed by atoms with van der Waals surface area (Å²) in [5, 5.41) is 2.68. The first-order chi connectivity index (χ1) is 11.7. The van der Waals surface area contributed by atoms with Crippen molar-refractivity contribution in [2.45, 2.75) is 70.6 Å². The van der Waals surface area contributed by atoms with Crippen LogP contribution >= 0.6 is 0 Å². The minimum Gasteiger partial charge on any atom is -0.103 e. The highest BCUT2D eigenvalue weighted by Gasteiger charge is 2.36. The van der Waals surface area contributed by atoms with Gasteiger partial charge in [-0.25, -0.2) is 0 Å². The first-order valence-corrected chi connectivity index (χ1v) is 12.4. The molecule has 0 bridgehead atoms. The molecule has 0 spiro atoms. The van der Waals surface area contributed by atoms with Crippen molar-refractivity contribution in [3.63, 3.8) is 0 Å². The van der Waals surface area contributed by atoms with Gasteiger partial charge in [0, 0.05) is 12.0 Å². The molecule has 1 unspecified atom stereocenters. The minimum atomic E-state index is -1.41. The molecule has 0 saturated carbocycles. The quantitative estimate of drug-likeness (QED) is 0.286. The molecule has 24 heavy (non-hydrogen) atoms. The van der Waals surface area contributed by atoms with Crippen LogP contribution in [0, 0.1) is 11.8 Å². The minimum absolute atomic E-state index is 0.471. The molecule has 1 heteroatoms. The summed E-state index contributed by atoms with van der Waals surface area (Å²) in [5.41, 5.74) is 1.92. The Morgan fingerprint density at radius 2 is 1.54 bits per heavy atom. The molecular weight excluding hydrogens is 304 g/mol. The highest BCUT2D eigenvalue weighted by Crippen LogP contribution is 2.37. The fourth-order valence-corrected chi connectivity index (χ4v) is 7.80. The summed E-state index contributed by atoms with van der Waals surface area (Å²) in [5.74, 6) is 7.27. The van der Waals surface area contributed by atoms with Crippen molar-refractivity contribution in [1.82, 2.24) is 0 Å². The Morgan fingerprint density at radius 1 is 0.875 bits per heavy atom. The molecule has 1 atom stereocenters. The van der Waals surface area contributed by atoms with Crippen LogP contribution in [-0.4, -0.2) is 8.07 Å². The third-order valence-electron chi connectivity index (χ3n) is 5.73. The third kappa shape index (κ3) is 4.11. The third-order valence-corrected chi connectivity index (χ3v) is 11.7. The van der Waals surface area contributed by atoms with Gasteiger partial charge in [-0.1, -0.05) is 101 Å². The van der Waals surface area contributed by atoms with E-state index in [1.54, 1.807) is 0 Å². The van der Waals surface area contributed by atoms with Gasteiger partial charge in [-0.2, -0.15) is 0 Å². The normalized spacial score (nSPS) is 12.7. The van der Waals surface area contributed by atoms with E-state index >= 15 is 0 Å². The first-order valence-electron chi connectivity index (χ1n) is 9.67. The summed E-state index contributed by atoms with van der Waals surface area (Å²) in [4.78, 5) is 0. The number of unbranched alkanes of at least 4 members (excludes halogenated alkanes) is 2. The van der Waals surface area contributed by atoms with E-state index in [4.69, 9.17) is 0 Å². The molecule has 0 nitrogen and oxygen atoms in total. The van der Waals surface area contributed by atoms with Gasteiger partial charge in [-0.15, -0.1) is 5.92 Å². The summed E-state index contributed by atoms with van der Waals surface area (Å²) in [6.07, 6.45) is 3.49. The molecule has 0 radical (unpaired) electrons. The Labute approximate surface area is 149 Å². The van der Waals surface area contributed by atoms with E-state index in [-0.39, 0.29) is 0 Å². The van der Waals surface area contributed by atoms with Crippen molar-refractivity contribution in [3.8, 4) is 11.8 Å². The van der Waals surface area contributed by atoms with Crippen molar-refractivity contribution in [1.29, 1.82) is 0 Å². The average molecular weight is 337 g/mol. The van der Waals surface area contributed by atoms with Crippen molar-refractivity contribution >= 4 is 18.8 Å². The summed E-state index contributed by atoms with van der Waals surface area (Å²) in [6, 6.07) is 19.7. The fraction of sp³-hybridized carbons (Fsp3) is 0.478. The standard InChI is InChI=1S/C23H32Si/c1-5-9-10-11-16-23(24(6-2,7-3)8-4)22-18-17-20-14-12-13-15-21(20)19-22/h12-15,17-19,23H,5-10H2,1-4H3. The zero-order valence-corrected chi connectivity index (χ0v) is 16.9. The molecule has 0 aliphatic carbocycles. The van der Waals surface area contributed by atoms with Gasteiger partial charge in [-0.3, -0.25) is 0 Å². The topological polar surface area (TPSA) is 0 Å². The Balaban J connectivity index is 2.47. The van der Waals surface area contributed by atoms with Crippen LogP contribution in [0.5, 0.6) is 0 Å². The van der Waals surface area contributed by atoms with E-state index < -0.39 is 8.07 Å². The van der Waals surface area contributed by atoms with E-state index in [9.17, 15) is 0 Å². The molecule has 0 fully saturated rings. The summed E-state index contributed by atoms with van der Waals surface area (Å²) in [7, 11) is -1.41. The van der Waals surface area contributed by atoms with E-state index in [0.717, 1.165) is 6.42 Å². The Morgan fingerprint density at radius 3 is 2.17 bits per heavy atom. The molecule has 2 rings (SSSR count). The fourth-order valence-electron chi connectivity index (χ4n) is 3.78. The van der Waals surface area contributed by atoms with Crippen LogP contribution < -0.4 is 0 Å². The van der Waals surface area contributed by atoms with E-state index in [2.05, 4.69) is 82.0 Å². The molecule has 2 aromatic rings. The Bertz CT molecular complexity index is 692. The number of fused-ring (bicyclic) bond motifs is 1. The lowest BCUT2D eigenvalue weighted by Gasteiger charge is -2.34. The van der Waals surface area contributed by atoms with E-state index in [1.807, 2.05) is 0 Å². The second-order valence-corrected chi connectivity index (χ2v) is 12.3. The van der Waals surface area contributed by atoms with Gasteiger partial charge < -0.3 is 0 Å². The molecule has 128 valence electrons. The van der Waals surface area contributed by atoms with Crippen LogP contribution in [0.2, 0.25) is 18.1 Å². The molecule has 0 saturated heterocycles. The maximum atomic E-state index is 3.74. The molecule has 0 aliphatic heterocycles. The second-order valence-electron chi connectivity index (χ2n) is 6.89. The largest absolute Gasteiger partial charge is 0.103 e. The highest BCUT2D eigenvalue weighted by atomic mass is 28.3. The maximum Gasteiger partial charge on any atom is 0.0751 e. The Kier molecular flexibility index (Phi) is 7.12. The van der Waals surface area contributed by atoms with Crippen molar-refractivity contribution in [2.75, 3.05) is 0 Å². The predicted octanol–water partition coefficient (Wildman–Crippen LogP) is 7.16. The van der Waals surface area contributed by atoms with Crippen LogP contribution in [0.4, 0.5) is 0 Å². The number of hydrogen-bond donors (Lipinski definition) is 0. The average Bonchev–Trinajstić information content (AvgIpc) is 2.64. The molecule has 0 aromatic heterocycles. The van der Waals surface area contributed by atoms with Gasteiger partial charge >= 0.3 is 0 Å². The zero-order chi connectivity index (χ0) is 17.4. The van der Waals surface area contributed by atoms with E-state index in [0.29, 0.717) is 5.54 Å². The molecule has 0 amide bonds. The van der Waals surface area contributed by atoms with Crippen LogP contribution in [-0.2, 0) is 0 Å². The van der Waals surface area contributed by atoms with Crippen LogP contribution in [0.25, 0.3) is 10.8 Å². The van der Waals surface area contributed by atoms with Gasteiger partial charge in [0.15, 0.2) is 0 Å². The number of hydrogen-bond acceptors (Lipinski definition) is 0. The summed E-state index contributed by atoms with van der Waals surface area (Å²) >= 11 is 0.